The van der Waals surface area contributed by atoms with E-state index in [1.807, 2.05) is 32.1 Å². The van der Waals surface area contributed by atoms with Gasteiger partial charge in [0.15, 0.2) is 0 Å². The number of allylic oxidation sites excluding steroid dienone is 2. The predicted octanol–water partition coefficient (Wildman–Crippen LogP) is 4.12. The SMILES string of the molecule is C=C(/C=C\C)Oc1cc(Cl)ccc1C. The van der Waals surface area contributed by atoms with Gasteiger partial charge in [0.25, 0.3) is 0 Å². The number of aryl methyl sites for hydroxylation is 1. The Hall–Kier alpha value is -1.21. The van der Waals surface area contributed by atoms with E-state index in [1.54, 1.807) is 12.1 Å². The third-order valence-electron chi connectivity index (χ3n) is 1.74. The third-order valence-corrected chi connectivity index (χ3v) is 1.98. The highest BCUT2D eigenvalue weighted by molar-refractivity contribution is 6.30. The Morgan fingerprint density at radius 2 is 2.21 bits per heavy atom. The monoisotopic (exact) mass is 208 g/mol. The average Bonchev–Trinajstić information content (AvgIpc) is 2.12. The lowest BCUT2D eigenvalue weighted by atomic mass is 10.2. The van der Waals surface area contributed by atoms with Crippen molar-refractivity contribution in [2.45, 2.75) is 13.8 Å². The van der Waals surface area contributed by atoms with Crippen LogP contribution in [0.25, 0.3) is 0 Å². The van der Waals surface area contributed by atoms with Gasteiger partial charge in [-0.05, 0) is 37.6 Å². The number of rotatable bonds is 3. The molecule has 2 heteroatoms. The van der Waals surface area contributed by atoms with Crippen LogP contribution in [0.4, 0.5) is 0 Å². The standard InChI is InChI=1S/C12H13ClO/c1-4-5-10(3)14-12-8-11(13)7-6-9(12)2/h4-8H,3H2,1-2H3/b5-4-. The minimum Gasteiger partial charge on any atom is -0.458 e. The second-order valence-corrected chi connectivity index (χ2v) is 3.41. The topological polar surface area (TPSA) is 9.23 Å². The zero-order valence-corrected chi connectivity index (χ0v) is 9.14. The molecular weight excluding hydrogens is 196 g/mol. The summed E-state index contributed by atoms with van der Waals surface area (Å²) in [5, 5.41) is 0.666. The van der Waals surface area contributed by atoms with Crippen LogP contribution in [-0.4, -0.2) is 0 Å². The highest BCUT2D eigenvalue weighted by Gasteiger charge is 2.00. The number of hydrogen-bond acceptors (Lipinski definition) is 1. The minimum atomic E-state index is 0.609. The summed E-state index contributed by atoms with van der Waals surface area (Å²) in [5.41, 5.74) is 1.04. The largest absolute Gasteiger partial charge is 0.458 e. The molecule has 0 aliphatic carbocycles. The van der Waals surface area contributed by atoms with Crippen molar-refractivity contribution < 1.29 is 4.74 Å². The van der Waals surface area contributed by atoms with Crippen molar-refractivity contribution in [1.29, 1.82) is 0 Å². The van der Waals surface area contributed by atoms with E-state index < -0.39 is 0 Å². The zero-order chi connectivity index (χ0) is 10.6. The van der Waals surface area contributed by atoms with E-state index in [1.165, 1.54) is 0 Å². The fraction of sp³-hybridized carbons (Fsp3) is 0.167. The molecule has 0 aliphatic heterocycles. The van der Waals surface area contributed by atoms with Gasteiger partial charge in [-0.2, -0.15) is 0 Å². The van der Waals surface area contributed by atoms with Crippen LogP contribution in [-0.2, 0) is 0 Å². The molecule has 0 unspecified atom stereocenters. The lowest BCUT2D eigenvalue weighted by molar-refractivity contribution is 0.443. The Kier molecular flexibility index (Phi) is 3.78. The van der Waals surface area contributed by atoms with Crippen LogP contribution in [0.15, 0.2) is 42.7 Å². The summed E-state index contributed by atoms with van der Waals surface area (Å²) in [6.07, 6.45) is 3.68. The molecule has 0 amide bonds. The normalized spacial score (nSPS) is 10.5. The molecule has 1 aromatic carbocycles. The van der Waals surface area contributed by atoms with Gasteiger partial charge in [-0.25, -0.2) is 0 Å². The summed E-state index contributed by atoms with van der Waals surface area (Å²) in [5.74, 6) is 1.36. The molecule has 0 aromatic heterocycles. The molecule has 1 aromatic rings. The molecule has 0 radical (unpaired) electrons. The highest BCUT2D eigenvalue weighted by Crippen LogP contribution is 2.24. The van der Waals surface area contributed by atoms with E-state index in [-0.39, 0.29) is 0 Å². The number of hydrogen-bond donors (Lipinski definition) is 0. The van der Waals surface area contributed by atoms with Crippen LogP contribution in [0.5, 0.6) is 5.75 Å². The molecule has 0 saturated heterocycles. The Labute approximate surface area is 89.7 Å². The van der Waals surface area contributed by atoms with Crippen LogP contribution in [0.3, 0.4) is 0 Å². The van der Waals surface area contributed by atoms with Gasteiger partial charge in [0.1, 0.15) is 11.5 Å². The lowest BCUT2D eigenvalue weighted by Gasteiger charge is -2.08. The molecule has 0 spiro atoms. The van der Waals surface area contributed by atoms with Gasteiger partial charge in [-0.3, -0.25) is 0 Å². The van der Waals surface area contributed by atoms with Crippen molar-refractivity contribution in [2.75, 3.05) is 0 Å². The van der Waals surface area contributed by atoms with Crippen molar-refractivity contribution in [1.82, 2.24) is 0 Å². The van der Waals surface area contributed by atoms with E-state index in [0.29, 0.717) is 10.8 Å². The van der Waals surface area contributed by atoms with E-state index in [9.17, 15) is 0 Å². The van der Waals surface area contributed by atoms with Gasteiger partial charge >= 0.3 is 0 Å². The molecule has 0 bridgehead atoms. The fourth-order valence-corrected chi connectivity index (χ4v) is 1.21. The molecule has 14 heavy (non-hydrogen) atoms. The second kappa shape index (κ2) is 4.87. The van der Waals surface area contributed by atoms with Crippen molar-refractivity contribution in [3.63, 3.8) is 0 Å². The third kappa shape index (κ3) is 2.93. The van der Waals surface area contributed by atoms with Crippen LogP contribution in [0, 0.1) is 6.92 Å². The first kappa shape index (κ1) is 10.9. The van der Waals surface area contributed by atoms with Gasteiger partial charge in [-0.15, -0.1) is 0 Å². The van der Waals surface area contributed by atoms with Gasteiger partial charge in [0.2, 0.25) is 0 Å². The zero-order valence-electron chi connectivity index (χ0n) is 8.38. The predicted molar refractivity (Wildman–Crippen MR) is 60.8 cm³/mol. The molecule has 1 rings (SSSR count). The number of benzene rings is 1. The van der Waals surface area contributed by atoms with E-state index in [2.05, 4.69) is 6.58 Å². The first-order valence-corrected chi connectivity index (χ1v) is 4.77. The summed E-state index contributed by atoms with van der Waals surface area (Å²) < 4.78 is 5.50. The van der Waals surface area contributed by atoms with Crippen molar-refractivity contribution in [3.05, 3.63) is 53.3 Å². The maximum Gasteiger partial charge on any atom is 0.131 e. The smallest absolute Gasteiger partial charge is 0.131 e. The van der Waals surface area contributed by atoms with Crippen LogP contribution in [0.2, 0.25) is 5.02 Å². The second-order valence-electron chi connectivity index (χ2n) is 2.98. The Bertz CT molecular complexity index is 367. The van der Waals surface area contributed by atoms with Crippen molar-refractivity contribution in [2.24, 2.45) is 0 Å². The molecule has 0 heterocycles. The minimum absolute atomic E-state index is 0.609. The Morgan fingerprint density at radius 3 is 2.86 bits per heavy atom. The highest BCUT2D eigenvalue weighted by atomic mass is 35.5. The number of halogens is 1. The number of ether oxygens (including phenoxy) is 1. The molecular formula is C12H13ClO. The van der Waals surface area contributed by atoms with Crippen LogP contribution < -0.4 is 4.74 Å². The van der Waals surface area contributed by atoms with Crippen LogP contribution >= 0.6 is 11.6 Å². The van der Waals surface area contributed by atoms with Gasteiger partial charge in [0.05, 0.1) is 0 Å². The average molecular weight is 209 g/mol. The maximum atomic E-state index is 5.85. The summed E-state index contributed by atoms with van der Waals surface area (Å²) in [6.45, 7) is 7.64. The molecule has 0 atom stereocenters. The summed E-state index contributed by atoms with van der Waals surface area (Å²) in [6, 6.07) is 5.54. The van der Waals surface area contributed by atoms with Gasteiger partial charge < -0.3 is 4.74 Å². The molecule has 0 saturated carbocycles. The molecule has 0 fully saturated rings. The summed E-state index contributed by atoms with van der Waals surface area (Å²) >= 11 is 5.85. The fourth-order valence-electron chi connectivity index (χ4n) is 1.05. The van der Waals surface area contributed by atoms with Crippen molar-refractivity contribution in [3.8, 4) is 5.75 Å². The molecule has 0 N–H and O–H groups in total. The van der Waals surface area contributed by atoms with Crippen LogP contribution in [0.1, 0.15) is 12.5 Å². The van der Waals surface area contributed by atoms with Gasteiger partial charge in [0, 0.05) is 5.02 Å². The summed E-state index contributed by atoms with van der Waals surface area (Å²) in [7, 11) is 0. The van der Waals surface area contributed by atoms with Gasteiger partial charge in [-0.1, -0.05) is 30.3 Å². The quantitative estimate of drug-likeness (QED) is 0.537. The van der Waals surface area contributed by atoms with E-state index in [0.717, 1.165) is 11.3 Å². The lowest BCUT2D eigenvalue weighted by Crippen LogP contribution is -1.92. The summed E-state index contributed by atoms with van der Waals surface area (Å²) in [4.78, 5) is 0. The van der Waals surface area contributed by atoms with Crippen molar-refractivity contribution >= 4 is 11.6 Å². The maximum absolute atomic E-state index is 5.85. The Balaban J connectivity index is 2.85. The van der Waals surface area contributed by atoms with E-state index in [4.69, 9.17) is 16.3 Å². The molecule has 1 nitrogen and oxygen atoms in total. The molecule has 74 valence electrons. The van der Waals surface area contributed by atoms with E-state index >= 15 is 0 Å². The Morgan fingerprint density at radius 1 is 1.50 bits per heavy atom. The first-order chi connectivity index (χ1) is 6.63. The molecule has 0 aliphatic rings. The first-order valence-electron chi connectivity index (χ1n) is 4.39.